The fourth-order valence-corrected chi connectivity index (χ4v) is 3.21. The third-order valence-corrected chi connectivity index (χ3v) is 4.77. The number of hydrogen-bond acceptors (Lipinski definition) is 5. The molecular formula is C14H22N2O2S. The van der Waals surface area contributed by atoms with E-state index in [4.69, 9.17) is 4.74 Å². The van der Waals surface area contributed by atoms with E-state index in [-0.39, 0.29) is 11.9 Å². The highest BCUT2D eigenvalue weighted by Crippen LogP contribution is 2.23. The lowest BCUT2D eigenvalue weighted by atomic mass is 9.97. The summed E-state index contributed by atoms with van der Waals surface area (Å²) < 4.78 is 4.80. The van der Waals surface area contributed by atoms with Crippen molar-refractivity contribution in [3.8, 4) is 0 Å². The molecule has 1 aromatic heterocycles. The second kappa shape index (κ2) is 6.48. The van der Waals surface area contributed by atoms with Crippen LogP contribution in [0.3, 0.4) is 0 Å². The molecule has 106 valence electrons. The summed E-state index contributed by atoms with van der Waals surface area (Å²) in [7, 11) is 1.47. The normalized spacial score (nSPS) is 17.9. The number of methoxy groups -OCH3 is 1. The molecule has 19 heavy (non-hydrogen) atoms. The molecule has 0 amide bonds. The SMILES string of the molecule is COC(=O)C1CCN(Cc2csc(C(C)C)n2)CC1. The lowest BCUT2D eigenvalue weighted by Gasteiger charge is -2.29. The number of carbonyl (C=O) groups is 1. The minimum absolute atomic E-state index is 0.0598. The zero-order valence-corrected chi connectivity index (χ0v) is 12.7. The summed E-state index contributed by atoms with van der Waals surface area (Å²) in [6.45, 7) is 7.15. The van der Waals surface area contributed by atoms with E-state index in [0.717, 1.165) is 38.2 Å². The molecule has 1 aliphatic rings. The second-order valence-electron chi connectivity index (χ2n) is 5.41. The number of likely N-dealkylation sites (tertiary alicyclic amines) is 1. The van der Waals surface area contributed by atoms with E-state index < -0.39 is 0 Å². The lowest BCUT2D eigenvalue weighted by Crippen LogP contribution is -2.36. The van der Waals surface area contributed by atoms with E-state index in [1.54, 1.807) is 11.3 Å². The first-order chi connectivity index (χ1) is 9.10. The smallest absolute Gasteiger partial charge is 0.308 e. The van der Waals surface area contributed by atoms with Gasteiger partial charge in [-0.05, 0) is 25.9 Å². The number of piperidine rings is 1. The zero-order chi connectivity index (χ0) is 13.8. The molecule has 2 heterocycles. The number of aromatic nitrogens is 1. The van der Waals surface area contributed by atoms with E-state index in [9.17, 15) is 4.79 Å². The number of rotatable bonds is 4. The zero-order valence-electron chi connectivity index (χ0n) is 11.9. The van der Waals surface area contributed by atoms with Crippen molar-refractivity contribution < 1.29 is 9.53 Å². The molecule has 1 aliphatic heterocycles. The first-order valence-corrected chi connectivity index (χ1v) is 7.72. The molecule has 0 aromatic carbocycles. The van der Waals surface area contributed by atoms with Crippen LogP contribution in [0, 0.1) is 5.92 Å². The second-order valence-corrected chi connectivity index (χ2v) is 6.30. The van der Waals surface area contributed by atoms with Crippen molar-refractivity contribution in [3.05, 3.63) is 16.1 Å². The van der Waals surface area contributed by atoms with Crippen LogP contribution in [0.15, 0.2) is 5.38 Å². The van der Waals surface area contributed by atoms with Gasteiger partial charge in [-0.15, -0.1) is 11.3 Å². The molecule has 1 saturated heterocycles. The molecule has 0 aliphatic carbocycles. The van der Waals surface area contributed by atoms with Gasteiger partial charge in [0.05, 0.1) is 23.7 Å². The van der Waals surface area contributed by atoms with Crippen molar-refractivity contribution in [3.63, 3.8) is 0 Å². The molecule has 1 fully saturated rings. The number of ether oxygens (including phenoxy) is 1. The van der Waals surface area contributed by atoms with Gasteiger partial charge in [0.25, 0.3) is 0 Å². The summed E-state index contributed by atoms with van der Waals surface area (Å²) in [5.74, 6) is 0.530. The largest absolute Gasteiger partial charge is 0.469 e. The molecule has 0 spiro atoms. The minimum atomic E-state index is -0.0598. The average molecular weight is 282 g/mol. The van der Waals surface area contributed by atoms with Gasteiger partial charge < -0.3 is 4.74 Å². The molecule has 0 bridgehead atoms. The van der Waals surface area contributed by atoms with Gasteiger partial charge in [-0.1, -0.05) is 13.8 Å². The first-order valence-electron chi connectivity index (χ1n) is 6.84. The predicted molar refractivity (Wildman–Crippen MR) is 76.2 cm³/mol. The molecule has 1 aromatic rings. The first kappa shape index (κ1) is 14.5. The molecule has 0 unspecified atom stereocenters. The standard InChI is InChI=1S/C14H22N2O2S/c1-10(2)13-15-12(9-19-13)8-16-6-4-11(5-7-16)14(17)18-3/h9-11H,4-8H2,1-3H3. The van der Waals surface area contributed by atoms with Crippen LogP contribution >= 0.6 is 11.3 Å². The Balaban J connectivity index is 1.83. The number of hydrogen-bond donors (Lipinski definition) is 0. The van der Waals surface area contributed by atoms with E-state index in [2.05, 4.69) is 29.1 Å². The third kappa shape index (κ3) is 3.76. The Hall–Kier alpha value is -0.940. The third-order valence-electron chi connectivity index (χ3n) is 3.57. The molecule has 0 radical (unpaired) electrons. The van der Waals surface area contributed by atoms with Crippen molar-refractivity contribution in [2.24, 2.45) is 5.92 Å². The number of thiazole rings is 1. The molecular weight excluding hydrogens is 260 g/mol. The van der Waals surface area contributed by atoms with Crippen LogP contribution in [0.1, 0.15) is 43.3 Å². The van der Waals surface area contributed by atoms with Crippen molar-refractivity contribution >= 4 is 17.3 Å². The van der Waals surface area contributed by atoms with Crippen molar-refractivity contribution in [1.29, 1.82) is 0 Å². The summed E-state index contributed by atoms with van der Waals surface area (Å²) >= 11 is 1.74. The summed E-state index contributed by atoms with van der Waals surface area (Å²) in [6, 6.07) is 0. The monoisotopic (exact) mass is 282 g/mol. The highest BCUT2D eigenvalue weighted by molar-refractivity contribution is 7.09. The maximum absolute atomic E-state index is 11.5. The van der Waals surface area contributed by atoms with Crippen LogP contribution < -0.4 is 0 Å². The summed E-state index contributed by atoms with van der Waals surface area (Å²) in [6.07, 6.45) is 1.79. The Kier molecular flexibility index (Phi) is 4.93. The number of nitrogens with zero attached hydrogens (tertiary/aromatic N) is 2. The van der Waals surface area contributed by atoms with Crippen molar-refractivity contribution in [2.75, 3.05) is 20.2 Å². The van der Waals surface area contributed by atoms with Gasteiger partial charge in [-0.3, -0.25) is 9.69 Å². The fraction of sp³-hybridized carbons (Fsp3) is 0.714. The highest BCUT2D eigenvalue weighted by Gasteiger charge is 2.25. The summed E-state index contributed by atoms with van der Waals surface area (Å²) in [5, 5.41) is 3.36. The van der Waals surface area contributed by atoms with Gasteiger partial charge in [0.2, 0.25) is 0 Å². The Morgan fingerprint density at radius 3 is 2.74 bits per heavy atom. The Labute approximate surface area is 118 Å². The van der Waals surface area contributed by atoms with E-state index in [0.29, 0.717) is 5.92 Å². The molecule has 0 N–H and O–H groups in total. The average Bonchev–Trinajstić information content (AvgIpc) is 2.87. The topological polar surface area (TPSA) is 42.4 Å². The lowest BCUT2D eigenvalue weighted by molar-refractivity contribution is -0.147. The van der Waals surface area contributed by atoms with Gasteiger partial charge in [0, 0.05) is 17.8 Å². The maximum atomic E-state index is 11.5. The Morgan fingerprint density at radius 1 is 1.53 bits per heavy atom. The summed E-state index contributed by atoms with van der Waals surface area (Å²) in [4.78, 5) is 18.5. The van der Waals surface area contributed by atoms with Crippen LogP contribution in [0.4, 0.5) is 0 Å². The molecule has 5 heteroatoms. The van der Waals surface area contributed by atoms with Gasteiger partial charge in [0.1, 0.15) is 0 Å². The van der Waals surface area contributed by atoms with E-state index in [1.165, 1.54) is 12.1 Å². The fourth-order valence-electron chi connectivity index (χ4n) is 2.38. The van der Waals surface area contributed by atoms with Gasteiger partial charge >= 0.3 is 5.97 Å². The molecule has 4 nitrogen and oxygen atoms in total. The Bertz CT molecular complexity index is 423. The van der Waals surface area contributed by atoms with Gasteiger partial charge in [0.15, 0.2) is 0 Å². The van der Waals surface area contributed by atoms with E-state index in [1.807, 2.05) is 0 Å². The van der Waals surface area contributed by atoms with Crippen LogP contribution in [0.5, 0.6) is 0 Å². The Morgan fingerprint density at radius 2 is 2.21 bits per heavy atom. The minimum Gasteiger partial charge on any atom is -0.469 e. The van der Waals surface area contributed by atoms with Crippen LogP contribution in [0.25, 0.3) is 0 Å². The molecule has 0 saturated carbocycles. The van der Waals surface area contributed by atoms with Crippen LogP contribution in [-0.4, -0.2) is 36.1 Å². The van der Waals surface area contributed by atoms with Crippen LogP contribution in [-0.2, 0) is 16.1 Å². The van der Waals surface area contributed by atoms with Crippen molar-refractivity contribution in [2.45, 2.75) is 39.2 Å². The predicted octanol–water partition coefficient (Wildman–Crippen LogP) is 2.65. The van der Waals surface area contributed by atoms with E-state index >= 15 is 0 Å². The van der Waals surface area contributed by atoms with Gasteiger partial charge in [-0.25, -0.2) is 4.98 Å². The number of carbonyl (C=O) groups excluding carboxylic acids is 1. The summed E-state index contributed by atoms with van der Waals surface area (Å²) in [5.41, 5.74) is 1.16. The van der Waals surface area contributed by atoms with Crippen molar-refractivity contribution in [1.82, 2.24) is 9.88 Å². The van der Waals surface area contributed by atoms with Crippen LogP contribution in [0.2, 0.25) is 0 Å². The highest BCUT2D eigenvalue weighted by atomic mass is 32.1. The molecule has 2 rings (SSSR count). The maximum Gasteiger partial charge on any atom is 0.308 e. The quantitative estimate of drug-likeness (QED) is 0.796. The van der Waals surface area contributed by atoms with Gasteiger partial charge in [-0.2, -0.15) is 0 Å². The molecule has 0 atom stereocenters. The number of esters is 1.